The maximum Gasteiger partial charge on any atom is 0.300 e. The fourth-order valence-corrected chi connectivity index (χ4v) is 0.608. The zero-order valence-corrected chi connectivity index (χ0v) is 8.75. The number of aliphatic carboxylic acids is 1. The van der Waals surface area contributed by atoms with Crippen molar-refractivity contribution in [1.29, 1.82) is 0 Å². The average Bonchev–Trinajstić information content (AvgIpc) is 2.10. The van der Waals surface area contributed by atoms with Crippen molar-refractivity contribution in [3.63, 3.8) is 0 Å². The van der Waals surface area contributed by atoms with Crippen LogP contribution in [-0.2, 0) is 4.79 Å². The van der Waals surface area contributed by atoms with Crippen molar-refractivity contribution < 1.29 is 9.90 Å². The molecule has 0 saturated heterocycles. The molecule has 0 aromatic heterocycles. The van der Waals surface area contributed by atoms with Gasteiger partial charge < -0.3 is 21.5 Å². The third-order valence-corrected chi connectivity index (χ3v) is 1.09. The SMILES string of the molecule is C=CCNCCNCCN.CC(=O)O. The van der Waals surface area contributed by atoms with Gasteiger partial charge in [0, 0.05) is 39.6 Å². The lowest BCUT2D eigenvalue weighted by Crippen LogP contribution is -2.30. The van der Waals surface area contributed by atoms with Crippen LogP contribution >= 0.6 is 0 Å². The predicted molar refractivity (Wildman–Crippen MR) is 58.3 cm³/mol. The molecule has 0 aliphatic rings. The zero-order valence-electron chi connectivity index (χ0n) is 8.75. The van der Waals surface area contributed by atoms with Gasteiger partial charge in [-0.15, -0.1) is 6.58 Å². The van der Waals surface area contributed by atoms with Crippen LogP contribution < -0.4 is 16.4 Å². The summed E-state index contributed by atoms with van der Waals surface area (Å²) in [4.78, 5) is 9.00. The lowest BCUT2D eigenvalue weighted by Gasteiger charge is -2.02. The summed E-state index contributed by atoms with van der Waals surface area (Å²) in [6.07, 6.45) is 1.85. The summed E-state index contributed by atoms with van der Waals surface area (Å²) < 4.78 is 0. The van der Waals surface area contributed by atoms with Gasteiger partial charge in [-0.3, -0.25) is 4.79 Å². The van der Waals surface area contributed by atoms with Gasteiger partial charge in [0.15, 0.2) is 0 Å². The molecular weight excluding hydrogens is 182 g/mol. The highest BCUT2D eigenvalue weighted by Crippen LogP contribution is 1.60. The first-order valence-electron chi connectivity index (χ1n) is 4.57. The second-order valence-corrected chi connectivity index (χ2v) is 2.55. The second-order valence-electron chi connectivity index (χ2n) is 2.55. The molecule has 0 spiro atoms. The Kier molecular flexibility index (Phi) is 16.2. The van der Waals surface area contributed by atoms with Crippen molar-refractivity contribution in [3.8, 4) is 0 Å². The molecule has 0 radical (unpaired) electrons. The van der Waals surface area contributed by atoms with Crippen LogP contribution in [0.5, 0.6) is 0 Å². The van der Waals surface area contributed by atoms with Crippen LogP contribution in [0.1, 0.15) is 6.92 Å². The van der Waals surface area contributed by atoms with Crippen LogP contribution in [-0.4, -0.2) is 43.8 Å². The van der Waals surface area contributed by atoms with E-state index in [9.17, 15) is 0 Å². The van der Waals surface area contributed by atoms with Gasteiger partial charge in [0.1, 0.15) is 0 Å². The van der Waals surface area contributed by atoms with E-state index in [0.717, 1.165) is 33.1 Å². The van der Waals surface area contributed by atoms with Crippen molar-refractivity contribution in [2.45, 2.75) is 6.92 Å². The van der Waals surface area contributed by atoms with E-state index in [1.807, 2.05) is 6.08 Å². The van der Waals surface area contributed by atoms with E-state index in [1.54, 1.807) is 0 Å². The van der Waals surface area contributed by atoms with E-state index in [2.05, 4.69) is 17.2 Å². The number of hydrogen-bond donors (Lipinski definition) is 4. The molecule has 0 bridgehead atoms. The van der Waals surface area contributed by atoms with E-state index >= 15 is 0 Å². The molecule has 0 amide bonds. The molecule has 0 aliphatic carbocycles. The molecule has 0 atom stereocenters. The third kappa shape index (κ3) is 30.4. The van der Waals surface area contributed by atoms with Gasteiger partial charge in [-0.1, -0.05) is 6.08 Å². The smallest absolute Gasteiger partial charge is 0.300 e. The van der Waals surface area contributed by atoms with Gasteiger partial charge in [0.2, 0.25) is 0 Å². The molecule has 0 unspecified atom stereocenters. The molecule has 0 saturated carbocycles. The van der Waals surface area contributed by atoms with Crippen LogP contribution in [0.15, 0.2) is 12.7 Å². The lowest BCUT2D eigenvalue weighted by atomic mass is 10.5. The second kappa shape index (κ2) is 14.6. The van der Waals surface area contributed by atoms with Crippen molar-refractivity contribution in [2.75, 3.05) is 32.7 Å². The van der Waals surface area contributed by atoms with Crippen molar-refractivity contribution in [1.82, 2.24) is 10.6 Å². The minimum absolute atomic E-state index is 0.710. The molecule has 0 aromatic rings. The highest BCUT2D eigenvalue weighted by Gasteiger charge is 1.82. The van der Waals surface area contributed by atoms with Gasteiger partial charge in [0.05, 0.1) is 0 Å². The number of hydrogen-bond acceptors (Lipinski definition) is 4. The Morgan fingerprint density at radius 3 is 2.36 bits per heavy atom. The van der Waals surface area contributed by atoms with Crippen LogP contribution in [0.25, 0.3) is 0 Å². The topological polar surface area (TPSA) is 87.4 Å². The predicted octanol–water partition coefficient (Wildman–Crippen LogP) is -0.599. The monoisotopic (exact) mass is 203 g/mol. The summed E-state index contributed by atoms with van der Waals surface area (Å²) in [6.45, 7) is 9.12. The Morgan fingerprint density at radius 2 is 1.93 bits per heavy atom. The fourth-order valence-electron chi connectivity index (χ4n) is 0.608. The maximum absolute atomic E-state index is 9.00. The zero-order chi connectivity index (χ0) is 11.2. The van der Waals surface area contributed by atoms with Gasteiger partial charge in [-0.05, 0) is 0 Å². The first-order chi connectivity index (χ1) is 6.65. The molecule has 84 valence electrons. The van der Waals surface area contributed by atoms with Gasteiger partial charge in [-0.2, -0.15) is 0 Å². The number of nitrogens with one attached hydrogen (secondary N) is 2. The van der Waals surface area contributed by atoms with E-state index in [0.29, 0.717) is 6.54 Å². The number of rotatable bonds is 7. The first kappa shape index (κ1) is 15.6. The summed E-state index contributed by atoms with van der Waals surface area (Å²) in [5.74, 6) is -0.833. The summed E-state index contributed by atoms with van der Waals surface area (Å²) in [5.41, 5.74) is 5.27. The number of nitrogens with two attached hydrogens (primary N) is 1. The van der Waals surface area contributed by atoms with Crippen molar-refractivity contribution in [3.05, 3.63) is 12.7 Å². The summed E-state index contributed by atoms with van der Waals surface area (Å²) in [7, 11) is 0. The third-order valence-electron chi connectivity index (χ3n) is 1.09. The molecule has 0 fully saturated rings. The minimum atomic E-state index is -0.833. The summed E-state index contributed by atoms with van der Waals surface area (Å²) >= 11 is 0. The molecule has 14 heavy (non-hydrogen) atoms. The fraction of sp³-hybridized carbons (Fsp3) is 0.667. The lowest BCUT2D eigenvalue weighted by molar-refractivity contribution is -0.134. The van der Waals surface area contributed by atoms with Crippen molar-refractivity contribution in [2.24, 2.45) is 5.73 Å². The van der Waals surface area contributed by atoms with E-state index in [4.69, 9.17) is 15.6 Å². The van der Waals surface area contributed by atoms with Crippen LogP contribution in [0.2, 0.25) is 0 Å². The molecule has 0 heterocycles. The Bertz CT molecular complexity index is 136. The largest absolute Gasteiger partial charge is 0.481 e. The maximum atomic E-state index is 9.00. The Hall–Kier alpha value is -0.910. The number of carboxylic acids is 1. The van der Waals surface area contributed by atoms with Crippen LogP contribution in [0.3, 0.4) is 0 Å². The highest BCUT2D eigenvalue weighted by atomic mass is 16.4. The van der Waals surface area contributed by atoms with E-state index in [-0.39, 0.29) is 0 Å². The average molecular weight is 203 g/mol. The molecule has 0 aromatic carbocycles. The Labute approximate surface area is 85.4 Å². The number of carbonyl (C=O) groups is 1. The minimum Gasteiger partial charge on any atom is -0.481 e. The quantitative estimate of drug-likeness (QED) is 0.328. The van der Waals surface area contributed by atoms with Gasteiger partial charge in [0.25, 0.3) is 5.97 Å². The van der Waals surface area contributed by atoms with Gasteiger partial charge in [-0.25, -0.2) is 0 Å². The molecule has 5 heteroatoms. The molecule has 0 aliphatic heterocycles. The molecule has 0 rings (SSSR count). The Balaban J connectivity index is 0. The molecular formula is C9H21N3O2. The van der Waals surface area contributed by atoms with Gasteiger partial charge >= 0.3 is 0 Å². The van der Waals surface area contributed by atoms with Crippen LogP contribution in [0, 0.1) is 0 Å². The Morgan fingerprint density at radius 1 is 1.43 bits per heavy atom. The first-order valence-corrected chi connectivity index (χ1v) is 4.57. The standard InChI is InChI=1S/C7H17N3.C2H4O2/c1-2-4-9-6-7-10-5-3-8;1-2(3)4/h2,9-10H,1,3-8H2;1H3,(H,3,4). The van der Waals surface area contributed by atoms with Crippen molar-refractivity contribution >= 4 is 5.97 Å². The highest BCUT2D eigenvalue weighted by molar-refractivity contribution is 5.62. The summed E-state index contributed by atoms with van der Waals surface area (Å²) in [6, 6.07) is 0. The normalized spacial score (nSPS) is 8.71. The number of carboxylic acid groups (broad SMARTS) is 1. The van der Waals surface area contributed by atoms with E-state index < -0.39 is 5.97 Å². The van der Waals surface area contributed by atoms with Crippen LogP contribution in [0.4, 0.5) is 0 Å². The molecule has 5 N–H and O–H groups in total. The molecule has 5 nitrogen and oxygen atoms in total. The summed E-state index contributed by atoms with van der Waals surface area (Å²) in [5, 5.41) is 13.8. The van der Waals surface area contributed by atoms with E-state index in [1.165, 1.54) is 0 Å².